The van der Waals surface area contributed by atoms with Gasteiger partial charge in [0.1, 0.15) is 11.9 Å². The zero-order valence-corrected chi connectivity index (χ0v) is 21.5. The molecule has 3 fully saturated rings. The maximum Gasteiger partial charge on any atom is 0.220 e. The number of nitriles is 1. The van der Waals surface area contributed by atoms with Crippen LogP contribution in [0.2, 0.25) is 0 Å². The minimum atomic E-state index is -3.89. The predicted octanol–water partition coefficient (Wildman–Crippen LogP) is 3.13. The monoisotopic (exact) mass is 485 g/mol. The van der Waals surface area contributed by atoms with Gasteiger partial charge in [-0.3, -0.25) is 4.90 Å². The van der Waals surface area contributed by atoms with Gasteiger partial charge in [-0.25, -0.2) is 8.42 Å². The molecule has 8 heteroatoms. The molecule has 3 aliphatic heterocycles. The highest BCUT2D eigenvalue weighted by Gasteiger charge is 2.35. The summed E-state index contributed by atoms with van der Waals surface area (Å²) >= 11 is 0. The van der Waals surface area contributed by atoms with E-state index >= 15 is 0 Å². The lowest BCUT2D eigenvalue weighted by Crippen LogP contribution is -2.37. The SMILES string of the molecule is CC1CCCN1CCCN1CCN(CCN2CCCC2C)/C1=C(\C#N)S(=O)(=O)c1ccccc1. The van der Waals surface area contributed by atoms with Crippen molar-refractivity contribution in [1.82, 2.24) is 19.6 Å². The van der Waals surface area contributed by atoms with E-state index in [1.165, 1.54) is 25.7 Å². The van der Waals surface area contributed by atoms with Gasteiger partial charge in [0.25, 0.3) is 0 Å². The molecule has 0 N–H and O–H groups in total. The van der Waals surface area contributed by atoms with Crippen LogP contribution < -0.4 is 0 Å². The van der Waals surface area contributed by atoms with E-state index in [9.17, 15) is 13.7 Å². The Bertz CT molecular complexity index is 1000. The number of hydrogen-bond acceptors (Lipinski definition) is 7. The van der Waals surface area contributed by atoms with Gasteiger partial charge in [0.2, 0.25) is 9.84 Å². The van der Waals surface area contributed by atoms with E-state index in [-0.39, 0.29) is 9.80 Å². The number of benzene rings is 1. The Labute approximate surface area is 205 Å². The molecule has 0 bridgehead atoms. The zero-order chi connectivity index (χ0) is 24.1. The Morgan fingerprint density at radius 1 is 0.882 bits per heavy atom. The molecule has 0 radical (unpaired) electrons. The van der Waals surface area contributed by atoms with Crippen molar-refractivity contribution < 1.29 is 8.42 Å². The summed E-state index contributed by atoms with van der Waals surface area (Å²) in [5.41, 5.74) is 0. The second-order valence-electron chi connectivity index (χ2n) is 9.96. The molecule has 3 saturated heterocycles. The summed E-state index contributed by atoms with van der Waals surface area (Å²) in [5.74, 6) is 0.604. The van der Waals surface area contributed by atoms with E-state index in [4.69, 9.17) is 0 Å². The van der Waals surface area contributed by atoms with Crippen LogP contribution in [-0.4, -0.2) is 92.5 Å². The summed E-state index contributed by atoms with van der Waals surface area (Å²) in [4.78, 5) is 9.37. The normalized spacial score (nSPS) is 25.8. The largest absolute Gasteiger partial charge is 0.355 e. The number of rotatable bonds is 9. The molecule has 0 spiro atoms. The average Bonchev–Trinajstić information content (AvgIpc) is 3.55. The first-order chi connectivity index (χ1) is 16.4. The fourth-order valence-electron chi connectivity index (χ4n) is 5.69. The number of likely N-dealkylation sites (tertiary alicyclic amines) is 2. The van der Waals surface area contributed by atoms with Gasteiger partial charge in [0.05, 0.1) is 4.90 Å². The predicted molar refractivity (Wildman–Crippen MR) is 135 cm³/mol. The molecule has 3 heterocycles. The highest BCUT2D eigenvalue weighted by molar-refractivity contribution is 7.95. The van der Waals surface area contributed by atoms with Crippen LogP contribution in [0, 0.1) is 11.3 Å². The topological polar surface area (TPSA) is 70.9 Å². The third kappa shape index (κ3) is 5.42. The standard InChI is InChI=1S/C26H39N5O2S/c1-22-9-6-13-28(22)15-8-16-30-19-20-31(18-17-29-14-7-10-23(29)2)26(30)25(21-27)34(32,33)24-11-4-3-5-12-24/h3-5,11-12,22-23H,6-10,13-20H2,1-2H3/b26-25+. The fraction of sp³-hybridized carbons (Fsp3) is 0.654. The van der Waals surface area contributed by atoms with Crippen molar-refractivity contribution in [3.05, 3.63) is 41.1 Å². The lowest BCUT2D eigenvalue weighted by molar-refractivity contribution is 0.224. The van der Waals surface area contributed by atoms with Crippen LogP contribution in [0.4, 0.5) is 0 Å². The van der Waals surface area contributed by atoms with E-state index in [1.807, 2.05) is 0 Å². The maximum atomic E-state index is 13.5. The molecular formula is C26H39N5O2S. The maximum absolute atomic E-state index is 13.5. The molecule has 4 rings (SSSR count). The molecule has 0 saturated carbocycles. The van der Waals surface area contributed by atoms with E-state index < -0.39 is 9.84 Å². The zero-order valence-electron chi connectivity index (χ0n) is 20.7. The lowest BCUT2D eigenvalue weighted by atomic mass is 10.2. The second kappa shape index (κ2) is 11.1. The van der Waals surface area contributed by atoms with Gasteiger partial charge in [0.15, 0.2) is 4.91 Å². The van der Waals surface area contributed by atoms with Crippen molar-refractivity contribution in [2.24, 2.45) is 0 Å². The second-order valence-corrected chi connectivity index (χ2v) is 11.8. The van der Waals surface area contributed by atoms with Crippen molar-refractivity contribution >= 4 is 9.84 Å². The van der Waals surface area contributed by atoms with Crippen molar-refractivity contribution in [2.75, 3.05) is 52.4 Å². The van der Waals surface area contributed by atoms with Gasteiger partial charge in [0, 0.05) is 51.4 Å². The number of hydrogen-bond donors (Lipinski definition) is 0. The lowest BCUT2D eigenvalue weighted by Gasteiger charge is -2.29. The highest BCUT2D eigenvalue weighted by Crippen LogP contribution is 2.29. The van der Waals surface area contributed by atoms with Crippen LogP contribution in [0.3, 0.4) is 0 Å². The van der Waals surface area contributed by atoms with Crippen LogP contribution in [0.25, 0.3) is 0 Å². The Morgan fingerprint density at radius 2 is 1.47 bits per heavy atom. The molecule has 1 aromatic carbocycles. The first-order valence-electron chi connectivity index (χ1n) is 12.8. The molecule has 7 nitrogen and oxygen atoms in total. The third-order valence-electron chi connectivity index (χ3n) is 7.78. The van der Waals surface area contributed by atoms with Gasteiger partial charge >= 0.3 is 0 Å². The van der Waals surface area contributed by atoms with Crippen LogP contribution in [0.1, 0.15) is 46.0 Å². The Balaban J connectivity index is 1.57. The summed E-state index contributed by atoms with van der Waals surface area (Å²) in [6, 6.07) is 11.7. The summed E-state index contributed by atoms with van der Waals surface area (Å²) in [6.07, 6.45) is 5.92. The van der Waals surface area contributed by atoms with Crippen LogP contribution in [0.15, 0.2) is 46.0 Å². The summed E-state index contributed by atoms with van der Waals surface area (Å²) in [5, 5.41) is 10.1. The number of sulfone groups is 1. The highest BCUT2D eigenvalue weighted by atomic mass is 32.2. The summed E-state index contributed by atoms with van der Waals surface area (Å²) in [7, 11) is -3.89. The molecule has 34 heavy (non-hydrogen) atoms. The van der Waals surface area contributed by atoms with Crippen LogP contribution in [0.5, 0.6) is 0 Å². The van der Waals surface area contributed by atoms with Gasteiger partial charge in [-0.15, -0.1) is 0 Å². The van der Waals surface area contributed by atoms with Crippen molar-refractivity contribution in [3.63, 3.8) is 0 Å². The quantitative estimate of drug-likeness (QED) is 0.498. The molecule has 186 valence electrons. The van der Waals surface area contributed by atoms with Crippen LogP contribution >= 0.6 is 0 Å². The number of allylic oxidation sites excluding steroid dienone is 1. The molecule has 2 atom stereocenters. The average molecular weight is 486 g/mol. The first-order valence-corrected chi connectivity index (χ1v) is 14.3. The van der Waals surface area contributed by atoms with E-state index in [0.717, 1.165) is 58.8 Å². The van der Waals surface area contributed by atoms with Crippen LogP contribution in [-0.2, 0) is 9.84 Å². The molecule has 0 aliphatic carbocycles. The third-order valence-corrected chi connectivity index (χ3v) is 9.48. The van der Waals surface area contributed by atoms with Gasteiger partial charge < -0.3 is 14.7 Å². The smallest absolute Gasteiger partial charge is 0.220 e. The molecule has 0 amide bonds. The molecule has 3 aliphatic rings. The molecular weight excluding hydrogens is 446 g/mol. The summed E-state index contributed by atoms with van der Waals surface area (Å²) in [6.45, 7) is 11.7. The Hall–Kier alpha value is -2.08. The minimum absolute atomic E-state index is 0.111. The number of nitrogens with zero attached hydrogens (tertiary/aromatic N) is 5. The van der Waals surface area contributed by atoms with Gasteiger partial charge in [-0.05, 0) is 71.2 Å². The molecule has 0 aromatic heterocycles. The molecule has 2 unspecified atom stereocenters. The van der Waals surface area contributed by atoms with E-state index in [0.29, 0.717) is 17.9 Å². The summed E-state index contributed by atoms with van der Waals surface area (Å²) < 4.78 is 27.1. The van der Waals surface area contributed by atoms with Crippen molar-refractivity contribution in [1.29, 1.82) is 5.26 Å². The van der Waals surface area contributed by atoms with Gasteiger partial charge in [-0.1, -0.05) is 18.2 Å². The first kappa shape index (κ1) is 25.0. The van der Waals surface area contributed by atoms with Gasteiger partial charge in [-0.2, -0.15) is 5.26 Å². The van der Waals surface area contributed by atoms with Crippen molar-refractivity contribution in [3.8, 4) is 6.07 Å². The Morgan fingerprint density at radius 3 is 2.03 bits per heavy atom. The van der Waals surface area contributed by atoms with E-state index in [1.54, 1.807) is 30.3 Å². The fourth-order valence-corrected chi connectivity index (χ4v) is 7.06. The Kier molecular flexibility index (Phi) is 8.18. The molecule has 1 aromatic rings. The minimum Gasteiger partial charge on any atom is -0.355 e. The van der Waals surface area contributed by atoms with Crippen molar-refractivity contribution in [2.45, 2.75) is 62.9 Å². The van der Waals surface area contributed by atoms with E-state index in [2.05, 4.69) is 39.5 Å².